The summed E-state index contributed by atoms with van der Waals surface area (Å²) in [5, 5.41) is 3.22. The molecule has 1 N–H and O–H groups in total. The molecule has 0 amide bonds. The van der Waals surface area contributed by atoms with Crippen LogP contribution in [-0.4, -0.2) is 19.1 Å². The second-order valence-corrected chi connectivity index (χ2v) is 4.13. The molecule has 0 saturated carbocycles. The number of benzene rings is 1. The Bertz CT molecular complexity index is 408. The minimum absolute atomic E-state index is 0.134. The van der Waals surface area contributed by atoms with E-state index in [9.17, 15) is 9.18 Å². The van der Waals surface area contributed by atoms with E-state index in [0.717, 1.165) is 18.5 Å². The van der Waals surface area contributed by atoms with Gasteiger partial charge in [0.1, 0.15) is 5.82 Å². The first-order chi connectivity index (χ1) is 8.22. The van der Waals surface area contributed by atoms with E-state index >= 15 is 0 Å². The number of hydrogen-bond donors (Lipinski definition) is 1. The van der Waals surface area contributed by atoms with Crippen LogP contribution in [0.3, 0.4) is 0 Å². The summed E-state index contributed by atoms with van der Waals surface area (Å²) in [5.74, 6) is -0.692. The molecule has 2 rings (SSSR count). The molecule has 0 unspecified atom stereocenters. The van der Waals surface area contributed by atoms with Crippen molar-refractivity contribution in [3.05, 3.63) is 35.6 Å². The van der Waals surface area contributed by atoms with Crippen molar-refractivity contribution in [2.45, 2.75) is 19.4 Å². The number of carbonyl (C=O) groups is 1. The Hall–Kier alpha value is -1.42. The number of nitrogens with one attached hydrogen (secondary N) is 1. The van der Waals surface area contributed by atoms with Gasteiger partial charge in [-0.15, -0.1) is 0 Å². The first-order valence-electron chi connectivity index (χ1n) is 5.88. The van der Waals surface area contributed by atoms with Crippen molar-refractivity contribution in [2.75, 3.05) is 13.2 Å². The molecule has 1 aromatic carbocycles. The second kappa shape index (κ2) is 5.27. The van der Waals surface area contributed by atoms with Crippen molar-refractivity contribution in [1.82, 2.24) is 5.32 Å². The average molecular weight is 237 g/mol. The maximum Gasteiger partial charge on any atom is 0.310 e. The molecule has 92 valence electrons. The highest BCUT2D eigenvalue weighted by Crippen LogP contribution is 2.30. The van der Waals surface area contributed by atoms with Gasteiger partial charge in [0.15, 0.2) is 0 Å². The summed E-state index contributed by atoms with van der Waals surface area (Å²) in [6.07, 6.45) is 0.736. The Kier molecular flexibility index (Phi) is 3.74. The fourth-order valence-electron chi connectivity index (χ4n) is 2.26. The molecule has 0 aromatic heterocycles. The van der Waals surface area contributed by atoms with Gasteiger partial charge in [-0.1, -0.05) is 12.1 Å². The van der Waals surface area contributed by atoms with E-state index in [4.69, 9.17) is 4.74 Å². The minimum atomic E-state index is -0.279. The van der Waals surface area contributed by atoms with Gasteiger partial charge in [0.2, 0.25) is 0 Å². The van der Waals surface area contributed by atoms with E-state index in [1.54, 1.807) is 13.0 Å². The molecule has 0 bridgehead atoms. The third-order valence-corrected chi connectivity index (χ3v) is 3.02. The van der Waals surface area contributed by atoms with Gasteiger partial charge >= 0.3 is 5.97 Å². The van der Waals surface area contributed by atoms with Crippen LogP contribution in [0.4, 0.5) is 4.39 Å². The van der Waals surface area contributed by atoms with Crippen LogP contribution in [0, 0.1) is 11.7 Å². The number of ether oxygens (including phenoxy) is 1. The topological polar surface area (TPSA) is 38.3 Å². The third kappa shape index (κ3) is 2.64. The van der Waals surface area contributed by atoms with E-state index in [0.29, 0.717) is 6.61 Å². The van der Waals surface area contributed by atoms with Gasteiger partial charge in [-0.3, -0.25) is 4.79 Å². The van der Waals surface area contributed by atoms with Crippen LogP contribution < -0.4 is 5.32 Å². The van der Waals surface area contributed by atoms with Crippen LogP contribution in [0.2, 0.25) is 0 Å². The first-order valence-corrected chi connectivity index (χ1v) is 5.88. The highest BCUT2D eigenvalue weighted by atomic mass is 19.1. The highest BCUT2D eigenvalue weighted by Gasteiger charge is 2.34. The molecule has 1 aliphatic rings. The van der Waals surface area contributed by atoms with E-state index in [2.05, 4.69) is 5.32 Å². The zero-order chi connectivity index (χ0) is 12.3. The van der Waals surface area contributed by atoms with Gasteiger partial charge < -0.3 is 10.1 Å². The van der Waals surface area contributed by atoms with Crippen LogP contribution in [0.15, 0.2) is 24.3 Å². The predicted octanol–water partition coefficient (Wildman–Crippen LogP) is 2.04. The van der Waals surface area contributed by atoms with Crippen molar-refractivity contribution < 1.29 is 13.9 Å². The van der Waals surface area contributed by atoms with Gasteiger partial charge in [0.05, 0.1) is 12.5 Å². The lowest BCUT2D eigenvalue weighted by Crippen LogP contribution is -2.25. The summed E-state index contributed by atoms with van der Waals surface area (Å²) in [6.45, 7) is 2.92. The SMILES string of the molecule is CCOC(=O)[C@H]1CCN[C@H]1c1cccc(F)c1. The van der Waals surface area contributed by atoms with Gasteiger partial charge in [-0.2, -0.15) is 0 Å². The van der Waals surface area contributed by atoms with Crippen LogP contribution in [0.1, 0.15) is 24.9 Å². The third-order valence-electron chi connectivity index (χ3n) is 3.02. The normalized spacial score (nSPS) is 23.6. The molecule has 2 atom stereocenters. The largest absolute Gasteiger partial charge is 0.466 e. The molecule has 1 fully saturated rings. The number of hydrogen-bond acceptors (Lipinski definition) is 3. The average Bonchev–Trinajstić information content (AvgIpc) is 2.78. The zero-order valence-corrected chi connectivity index (χ0v) is 9.78. The van der Waals surface area contributed by atoms with E-state index in [1.807, 2.05) is 6.07 Å². The molecule has 1 aromatic rings. The summed E-state index contributed by atoms with van der Waals surface area (Å²) >= 11 is 0. The van der Waals surface area contributed by atoms with Gasteiger partial charge in [0, 0.05) is 6.04 Å². The number of halogens is 1. The van der Waals surface area contributed by atoms with Crippen molar-refractivity contribution in [3.8, 4) is 0 Å². The highest BCUT2D eigenvalue weighted by molar-refractivity contribution is 5.74. The summed E-state index contributed by atoms with van der Waals surface area (Å²) in [4.78, 5) is 11.8. The summed E-state index contributed by atoms with van der Waals surface area (Å²) in [6, 6.07) is 6.22. The fraction of sp³-hybridized carbons (Fsp3) is 0.462. The van der Waals surface area contributed by atoms with Crippen LogP contribution >= 0.6 is 0 Å². The summed E-state index contributed by atoms with van der Waals surface area (Å²) in [5.41, 5.74) is 0.806. The summed E-state index contributed by atoms with van der Waals surface area (Å²) in [7, 11) is 0. The standard InChI is InChI=1S/C13H16FNO2/c1-2-17-13(16)11-6-7-15-12(11)9-4-3-5-10(14)8-9/h3-5,8,11-12,15H,2,6-7H2,1H3/t11-,12-/m0/s1. The van der Waals surface area contributed by atoms with Crippen molar-refractivity contribution in [2.24, 2.45) is 5.92 Å². The second-order valence-electron chi connectivity index (χ2n) is 4.13. The Morgan fingerprint density at radius 1 is 1.59 bits per heavy atom. The monoisotopic (exact) mass is 237 g/mol. The maximum atomic E-state index is 13.2. The molecule has 1 saturated heterocycles. The van der Waals surface area contributed by atoms with Gasteiger partial charge in [-0.25, -0.2) is 4.39 Å². The van der Waals surface area contributed by atoms with E-state index in [-0.39, 0.29) is 23.7 Å². The molecular formula is C13H16FNO2. The van der Waals surface area contributed by atoms with Crippen LogP contribution in [-0.2, 0) is 9.53 Å². The number of esters is 1. The molecule has 4 heteroatoms. The van der Waals surface area contributed by atoms with Crippen molar-refractivity contribution in [1.29, 1.82) is 0 Å². The van der Waals surface area contributed by atoms with Crippen LogP contribution in [0.25, 0.3) is 0 Å². The molecule has 1 aliphatic heterocycles. The molecule has 0 aliphatic carbocycles. The fourth-order valence-corrected chi connectivity index (χ4v) is 2.26. The van der Waals surface area contributed by atoms with Crippen LogP contribution in [0.5, 0.6) is 0 Å². The molecular weight excluding hydrogens is 221 g/mol. The lowest BCUT2D eigenvalue weighted by molar-refractivity contribution is -0.148. The molecule has 17 heavy (non-hydrogen) atoms. The first kappa shape index (κ1) is 12.0. The van der Waals surface area contributed by atoms with Crippen molar-refractivity contribution >= 4 is 5.97 Å². The summed E-state index contributed by atoms with van der Waals surface area (Å²) < 4.78 is 18.2. The zero-order valence-electron chi connectivity index (χ0n) is 9.78. The number of carbonyl (C=O) groups excluding carboxylic acids is 1. The molecule has 1 heterocycles. The Morgan fingerprint density at radius 2 is 2.41 bits per heavy atom. The van der Waals surface area contributed by atoms with E-state index < -0.39 is 0 Å². The van der Waals surface area contributed by atoms with Gasteiger partial charge in [-0.05, 0) is 37.6 Å². The maximum absolute atomic E-state index is 13.2. The van der Waals surface area contributed by atoms with Gasteiger partial charge in [0.25, 0.3) is 0 Å². The smallest absolute Gasteiger partial charge is 0.310 e. The molecule has 3 nitrogen and oxygen atoms in total. The lowest BCUT2D eigenvalue weighted by Gasteiger charge is -2.18. The van der Waals surface area contributed by atoms with E-state index in [1.165, 1.54) is 12.1 Å². The lowest BCUT2D eigenvalue weighted by atomic mass is 9.94. The Labute approximate surface area is 100.0 Å². The Morgan fingerprint density at radius 3 is 3.12 bits per heavy atom. The molecule has 0 radical (unpaired) electrons. The molecule has 0 spiro atoms. The quantitative estimate of drug-likeness (QED) is 0.817. The van der Waals surface area contributed by atoms with Crippen molar-refractivity contribution in [3.63, 3.8) is 0 Å². The number of rotatable bonds is 3. The predicted molar refractivity (Wildman–Crippen MR) is 61.9 cm³/mol. The minimum Gasteiger partial charge on any atom is -0.466 e. The Balaban J connectivity index is 2.17.